The van der Waals surface area contributed by atoms with Crippen LogP contribution in [0.15, 0.2) is 18.2 Å². The van der Waals surface area contributed by atoms with E-state index in [1.54, 1.807) is 4.90 Å². The Balaban J connectivity index is 1.91. The number of carbonyl (C=O) groups excluding carboxylic acids is 2. The molecule has 1 aromatic carbocycles. The van der Waals surface area contributed by atoms with E-state index in [1.807, 2.05) is 6.92 Å². The van der Waals surface area contributed by atoms with Gasteiger partial charge in [0.15, 0.2) is 6.61 Å². The molecule has 1 amide bonds. The molecule has 0 bridgehead atoms. The predicted molar refractivity (Wildman–Crippen MR) is 92.6 cm³/mol. The molecule has 1 N–H and O–H groups in total. The van der Waals surface area contributed by atoms with Gasteiger partial charge in [0.25, 0.3) is 11.6 Å². The first-order valence-electron chi connectivity index (χ1n) is 8.64. The third-order valence-corrected chi connectivity index (χ3v) is 4.42. The van der Waals surface area contributed by atoms with Gasteiger partial charge in [0, 0.05) is 18.7 Å². The fraction of sp³-hybridized carbons (Fsp3) is 0.529. The molecule has 1 aliphatic rings. The number of anilines is 1. The third-order valence-electron chi connectivity index (χ3n) is 4.42. The molecule has 0 radical (unpaired) electrons. The zero-order valence-corrected chi connectivity index (χ0v) is 15.1. The summed E-state index contributed by atoms with van der Waals surface area (Å²) in [6.07, 6.45) is -1.95. The number of hydrogen-bond donors (Lipinski definition) is 1. The topological polar surface area (TPSA) is 102 Å². The summed E-state index contributed by atoms with van der Waals surface area (Å²) in [7, 11) is 0. The summed E-state index contributed by atoms with van der Waals surface area (Å²) in [6.45, 7) is 1.51. The molecule has 1 fully saturated rings. The molecule has 1 aliphatic heterocycles. The van der Waals surface area contributed by atoms with E-state index in [9.17, 15) is 32.9 Å². The van der Waals surface area contributed by atoms with Gasteiger partial charge in [0.05, 0.1) is 10.5 Å². The Hall–Kier alpha value is -2.85. The highest BCUT2D eigenvalue weighted by Gasteiger charge is 2.33. The molecule has 11 heteroatoms. The Morgan fingerprint density at radius 1 is 1.36 bits per heavy atom. The number of esters is 1. The van der Waals surface area contributed by atoms with Gasteiger partial charge in [-0.3, -0.25) is 19.7 Å². The minimum absolute atomic E-state index is 0.0628. The zero-order chi connectivity index (χ0) is 20.9. The van der Waals surface area contributed by atoms with E-state index in [-0.39, 0.29) is 17.6 Å². The molecular formula is C17H20F3N3O5. The summed E-state index contributed by atoms with van der Waals surface area (Å²) in [5.41, 5.74) is -2.25. The van der Waals surface area contributed by atoms with Crippen molar-refractivity contribution in [3.8, 4) is 0 Å². The molecule has 0 spiro atoms. The first kappa shape index (κ1) is 21.5. The van der Waals surface area contributed by atoms with Crippen molar-refractivity contribution in [2.45, 2.75) is 38.4 Å². The Morgan fingerprint density at radius 2 is 2.07 bits per heavy atom. The summed E-state index contributed by atoms with van der Waals surface area (Å²) < 4.78 is 42.9. The summed E-state index contributed by atoms with van der Waals surface area (Å²) in [6, 6.07) is 1.99. The van der Waals surface area contributed by atoms with Crippen molar-refractivity contribution >= 4 is 23.3 Å². The number of nitro groups is 1. The van der Waals surface area contributed by atoms with Crippen LogP contribution in [-0.2, 0) is 20.5 Å². The number of nitro benzene ring substituents is 1. The van der Waals surface area contributed by atoms with Gasteiger partial charge in [0.1, 0.15) is 12.2 Å². The van der Waals surface area contributed by atoms with E-state index < -0.39 is 41.5 Å². The van der Waals surface area contributed by atoms with Crippen molar-refractivity contribution in [2.24, 2.45) is 0 Å². The van der Waals surface area contributed by atoms with Gasteiger partial charge in [-0.25, -0.2) is 0 Å². The quantitative estimate of drug-likeness (QED) is 0.445. The normalized spacial score (nSPS) is 17.1. The molecule has 28 heavy (non-hydrogen) atoms. The van der Waals surface area contributed by atoms with Crippen LogP contribution >= 0.6 is 0 Å². The SMILES string of the molecule is C[C@H]1CCCCN1C(=O)COC(=O)CNc1ccc(C(F)(F)F)cc1[N+](=O)[O-]. The minimum atomic E-state index is -4.73. The van der Waals surface area contributed by atoms with Crippen molar-refractivity contribution in [1.82, 2.24) is 4.90 Å². The highest BCUT2D eigenvalue weighted by atomic mass is 19.4. The molecule has 1 heterocycles. The second-order valence-corrected chi connectivity index (χ2v) is 6.43. The zero-order valence-electron chi connectivity index (χ0n) is 15.1. The molecule has 1 atom stereocenters. The highest BCUT2D eigenvalue weighted by Crippen LogP contribution is 2.34. The number of ether oxygens (including phenoxy) is 1. The summed E-state index contributed by atoms with van der Waals surface area (Å²) >= 11 is 0. The maximum absolute atomic E-state index is 12.7. The monoisotopic (exact) mass is 403 g/mol. The molecule has 1 saturated heterocycles. The number of likely N-dealkylation sites (tertiary alicyclic amines) is 1. The third kappa shape index (κ3) is 5.57. The Morgan fingerprint density at radius 3 is 2.68 bits per heavy atom. The van der Waals surface area contributed by atoms with Crippen LogP contribution in [0.25, 0.3) is 0 Å². The van der Waals surface area contributed by atoms with Crippen LogP contribution in [0.5, 0.6) is 0 Å². The van der Waals surface area contributed by atoms with Gasteiger partial charge < -0.3 is 15.0 Å². The number of halogens is 3. The summed E-state index contributed by atoms with van der Waals surface area (Å²) in [5.74, 6) is -1.19. The Labute approximate surface area is 158 Å². The van der Waals surface area contributed by atoms with Crippen molar-refractivity contribution in [3.63, 3.8) is 0 Å². The first-order valence-corrected chi connectivity index (χ1v) is 8.64. The predicted octanol–water partition coefficient (Wildman–Crippen LogP) is 2.97. The molecule has 1 aromatic rings. The number of alkyl halides is 3. The lowest BCUT2D eigenvalue weighted by Gasteiger charge is -2.33. The van der Waals surface area contributed by atoms with Crippen LogP contribution in [-0.4, -0.2) is 47.4 Å². The van der Waals surface area contributed by atoms with E-state index >= 15 is 0 Å². The van der Waals surface area contributed by atoms with Crippen molar-refractivity contribution < 1.29 is 32.4 Å². The maximum Gasteiger partial charge on any atom is 0.416 e. The first-order chi connectivity index (χ1) is 13.1. The van der Waals surface area contributed by atoms with Crippen LogP contribution in [0.3, 0.4) is 0 Å². The number of benzene rings is 1. The van der Waals surface area contributed by atoms with Gasteiger partial charge in [-0.15, -0.1) is 0 Å². The molecule has 8 nitrogen and oxygen atoms in total. The summed E-state index contributed by atoms with van der Waals surface area (Å²) in [5, 5.41) is 13.4. The van der Waals surface area contributed by atoms with Crippen molar-refractivity contribution in [3.05, 3.63) is 33.9 Å². The van der Waals surface area contributed by atoms with Gasteiger partial charge in [-0.1, -0.05) is 0 Å². The molecule has 2 rings (SSSR count). The van der Waals surface area contributed by atoms with Crippen LogP contribution in [0.4, 0.5) is 24.5 Å². The molecular weight excluding hydrogens is 383 g/mol. The number of hydrogen-bond acceptors (Lipinski definition) is 6. The molecule has 0 aromatic heterocycles. The molecule has 0 unspecified atom stereocenters. The Bertz CT molecular complexity index is 754. The van der Waals surface area contributed by atoms with Crippen LogP contribution in [0.2, 0.25) is 0 Å². The van der Waals surface area contributed by atoms with Gasteiger partial charge in [-0.05, 0) is 38.3 Å². The van der Waals surface area contributed by atoms with Crippen molar-refractivity contribution in [1.29, 1.82) is 0 Å². The van der Waals surface area contributed by atoms with E-state index in [4.69, 9.17) is 4.74 Å². The Kier molecular flexibility index (Phi) is 6.81. The maximum atomic E-state index is 12.7. The van der Waals surface area contributed by atoms with Gasteiger partial charge >= 0.3 is 12.1 Å². The van der Waals surface area contributed by atoms with E-state index in [2.05, 4.69) is 5.32 Å². The number of piperidine rings is 1. The molecule has 0 aliphatic carbocycles. The lowest BCUT2D eigenvalue weighted by Crippen LogP contribution is -2.44. The van der Waals surface area contributed by atoms with Gasteiger partial charge in [0.2, 0.25) is 0 Å². The second-order valence-electron chi connectivity index (χ2n) is 6.43. The van der Waals surface area contributed by atoms with Crippen LogP contribution in [0, 0.1) is 10.1 Å². The smallest absolute Gasteiger partial charge is 0.416 e. The van der Waals surface area contributed by atoms with Crippen molar-refractivity contribution in [2.75, 3.05) is 25.0 Å². The van der Waals surface area contributed by atoms with E-state index in [1.165, 1.54) is 0 Å². The lowest BCUT2D eigenvalue weighted by molar-refractivity contribution is -0.384. The van der Waals surface area contributed by atoms with E-state index in [0.29, 0.717) is 18.7 Å². The number of nitrogens with zero attached hydrogens (tertiary/aromatic N) is 2. The second kappa shape index (κ2) is 8.89. The molecule has 0 saturated carbocycles. The van der Waals surface area contributed by atoms with Crippen LogP contribution in [0.1, 0.15) is 31.7 Å². The number of amides is 1. The summed E-state index contributed by atoms with van der Waals surface area (Å²) in [4.78, 5) is 35.5. The van der Waals surface area contributed by atoms with Crippen LogP contribution < -0.4 is 5.32 Å². The average molecular weight is 403 g/mol. The minimum Gasteiger partial charge on any atom is -0.454 e. The average Bonchev–Trinajstić information content (AvgIpc) is 2.63. The largest absolute Gasteiger partial charge is 0.454 e. The standard InChI is InChI=1S/C17H20F3N3O5/c1-11-4-2-3-7-22(11)15(24)10-28-16(25)9-21-13-6-5-12(17(18,19)20)8-14(13)23(26)27/h5-6,8,11,21H,2-4,7,9-10H2,1H3/t11-/m0/s1. The molecule has 154 valence electrons. The lowest BCUT2D eigenvalue weighted by atomic mass is 10.0. The number of nitrogens with one attached hydrogen (secondary N) is 1. The number of carbonyl (C=O) groups is 2. The highest BCUT2D eigenvalue weighted by molar-refractivity contribution is 5.82. The number of rotatable bonds is 6. The van der Waals surface area contributed by atoms with E-state index in [0.717, 1.165) is 25.3 Å². The van der Waals surface area contributed by atoms with Gasteiger partial charge in [-0.2, -0.15) is 13.2 Å². The fourth-order valence-corrected chi connectivity index (χ4v) is 2.92. The fourth-order valence-electron chi connectivity index (χ4n) is 2.92.